The highest BCUT2D eigenvalue weighted by atomic mass is 16.5. The molecule has 0 spiro atoms. The molecule has 0 aliphatic heterocycles. The van der Waals surface area contributed by atoms with E-state index in [0.29, 0.717) is 17.0 Å². The number of hydrogen-bond acceptors (Lipinski definition) is 3. The molecule has 104 valence electrons. The SMILES string of the molecule is COc1cccc(C(=O)Nc2cnc3ccccc3c2)c1. The minimum absolute atomic E-state index is 0.189. The average molecular weight is 278 g/mol. The van der Waals surface area contributed by atoms with Crippen molar-refractivity contribution in [3.8, 4) is 5.75 Å². The number of carbonyl (C=O) groups excluding carboxylic acids is 1. The summed E-state index contributed by atoms with van der Waals surface area (Å²) in [6.07, 6.45) is 1.65. The van der Waals surface area contributed by atoms with Crippen molar-refractivity contribution in [2.45, 2.75) is 0 Å². The number of para-hydroxylation sites is 1. The molecule has 0 bridgehead atoms. The molecular weight excluding hydrogens is 264 g/mol. The van der Waals surface area contributed by atoms with Gasteiger partial charge in [0.05, 0.1) is 24.5 Å². The largest absolute Gasteiger partial charge is 0.497 e. The van der Waals surface area contributed by atoms with Crippen molar-refractivity contribution in [3.05, 3.63) is 66.4 Å². The first-order valence-electron chi connectivity index (χ1n) is 6.56. The first-order valence-corrected chi connectivity index (χ1v) is 6.56. The van der Waals surface area contributed by atoms with E-state index in [1.807, 2.05) is 30.3 Å². The summed E-state index contributed by atoms with van der Waals surface area (Å²) in [5.74, 6) is 0.463. The van der Waals surface area contributed by atoms with Crippen LogP contribution in [0.15, 0.2) is 60.8 Å². The third kappa shape index (κ3) is 2.84. The average Bonchev–Trinajstić information content (AvgIpc) is 2.54. The van der Waals surface area contributed by atoms with Crippen LogP contribution in [0, 0.1) is 0 Å². The lowest BCUT2D eigenvalue weighted by Gasteiger charge is -2.07. The second kappa shape index (κ2) is 5.63. The Labute approximate surface area is 122 Å². The summed E-state index contributed by atoms with van der Waals surface area (Å²) in [5, 5.41) is 3.83. The number of carbonyl (C=O) groups is 1. The quantitative estimate of drug-likeness (QED) is 0.797. The Hall–Kier alpha value is -2.88. The number of amides is 1. The van der Waals surface area contributed by atoms with Crippen molar-refractivity contribution < 1.29 is 9.53 Å². The second-order valence-electron chi connectivity index (χ2n) is 4.60. The maximum absolute atomic E-state index is 12.2. The predicted octanol–water partition coefficient (Wildman–Crippen LogP) is 3.50. The van der Waals surface area contributed by atoms with Crippen LogP contribution in [-0.4, -0.2) is 18.0 Å². The van der Waals surface area contributed by atoms with Crippen LogP contribution in [-0.2, 0) is 0 Å². The lowest BCUT2D eigenvalue weighted by atomic mass is 10.2. The van der Waals surface area contributed by atoms with Gasteiger partial charge in [-0.2, -0.15) is 0 Å². The van der Waals surface area contributed by atoms with Gasteiger partial charge in [0.2, 0.25) is 0 Å². The molecule has 0 atom stereocenters. The van der Waals surface area contributed by atoms with Gasteiger partial charge in [0.1, 0.15) is 5.75 Å². The van der Waals surface area contributed by atoms with E-state index in [4.69, 9.17) is 4.74 Å². The number of fused-ring (bicyclic) bond motifs is 1. The number of methoxy groups -OCH3 is 1. The van der Waals surface area contributed by atoms with Gasteiger partial charge in [0.15, 0.2) is 0 Å². The summed E-state index contributed by atoms with van der Waals surface area (Å²) < 4.78 is 5.12. The molecule has 0 aliphatic carbocycles. The Balaban J connectivity index is 1.85. The highest BCUT2D eigenvalue weighted by Gasteiger charge is 2.07. The van der Waals surface area contributed by atoms with Crippen molar-refractivity contribution >= 4 is 22.5 Å². The van der Waals surface area contributed by atoms with Crippen molar-refractivity contribution in [2.24, 2.45) is 0 Å². The number of nitrogens with zero attached hydrogens (tertiary/aromatic N) is 1. The second-order valence-corrected chi connectivity index (χ2v) is 4.60. The van der Waals surface area contributed by atoms with Crippen LogP contribution in [0.2, 0.25) is 0 Å². The third-order valence-corrected chi connectivity index (χ3v) is 3.18. The van der Waals surface area contributed by atoms with E-state index in [1.54, 1.807) is 37.6 Å². The Morgan fingerprint density at radius 1 is 1.10 bits per heavy atom. The minimum Gasteiger partial charge on any atom is -0.497 e. The molecule has 4 nitrogen and oxygen atoms in total. The Kier molecular flexibility index (Phi) is 3.51. The van der Waals surface area contributed by atoms with Crippen molar-refractivity contribution in [3.63, 3.8) is 0 Å². The van der Waals surface area contributed by atoms with E-state index in [0.717, 1.165) is 10.9 Å². The smallest absolute Gasteiger partial charge is 0.255 e. The molecular formula is C17H14N2O2. The van der Waals surface area contributed by atoms with Gasteiger partial charge < -0.3 is 10.1 Å². The lowest BCUT2D eigenvalue weighted by molar-refractivity contribution is 0.102. The number of aromatic nitrogens is 1. The Morgan fingerprint density at radius 3 is 2.81 bits per heavy atom. The van der Waals surface area contributed by atoms with E-state index in [1.165, 1.54) is 0 Å². The zero-order valence-electron chi connectivity index (χ0n) is 11.5. The summed E-state index contributed by atoms with van der Waals surface area (Å²) in [7, 11) is 1.57. The number of ether oxygens (including phenoxy) is 1. The number of rotatable bonds is 3. The number of nitrogens with one attached hydrogen (secondary N) is 1. The first-order chi connectivity index (χ1) is 10.3. The molecule has 4 heteroatoms. The van der Waals surface area contributed by atoms with Crippen molar-refractivity contribution in [1.82, 2.24) is 4.98 Å². The highest BCUT2D eigenvalue weighted by Crippen LogP contribution is 2.18. The van der Waals surface area contributed by atoms with Crippen LogP contribution in [0.5, 0.6) is 5.75 Å². The fourth-order valence-electron chi connectivity index (χ4n) is 2.11. The van der Waals surface area contributed by atoms with Gasteiger partial charge in [-0.1, -0.05) is 24.3 Å². The van der Waals surface area contributed by atoms with Crippen molar-refractivity contribution in [1.29, 1.82) is 0 Å². The fraction of sp³-hybridized carbons (Fsp3) is 0.0588. The van der Waals surface area contributed by atoms with Gasteiger partial charge in [-0.25, -0.2) is 0 Å². The summed E-state index contributed by atoms with van der Waals surface area (Å²) in [4.78, 5) is 16.5. The van der Waals surface area contributed by atoms with Crippen LogP contribution >= 0.6 is 0 Å². The van der Waals surface area contributed by atoms with E-state index in [9.17, 15) is 4.79 Å². The molecule has 0 saturated carbocycles. The summed E-state index contributed by atoms with van der Waals surface area (Å²) in [6, 6.07) is 16.7. The molecule has 0 radical (unpaired) electrons. The molecule has 1 amide bonds. The number of anilines is 1. The zero-order chi connectivity index (χ0) is 14.7. The van der Waals surface area contributed by atoms with E-state index in [-0.39, 0.29) is 5.91 Å². The van der Waals surface area contributed by atoms with Gasteiger partial charge in [-0.15, -0.1) is 0 Å². The molecule has 2 aromatic carbocycles. The zero-order valence-corrected chi connectivity index (χ0v) is 11.5. The van der Waals surface area contributed by atoms with Crippen LogP contribution < -0.4 is 10.1 Å². The fourth-order valence-corrected chi connectivity index (χ4v) is 2.11. The molecule has 1 aromatic heterocycles. The van der Waals surface area contributed by atoms with Crippen LogP contribution in [0.25, 0.3) is 10.9 Å². The normalized spacial score (nSPS) is 10.3. The first kappa shape index (κ1) is 13.1. The van der Waals surface area contributed by atoms with Crippen LogP contribution in [0.4, 0.5) is 5.69 Å². The van der Waals surface area contributed by atoms with E-state index in [2.05, 4.69) is 10.3 Å². The predicted molar refractivity (Wildman–Crippen MR) is 82.7 cm³/mol. The molecule has 3 aromatic rings. The van der Waals surface area contributed by atoms with E-state index >= 15 is 0 Å². The third-order valence-electron chi connectivity index (χ3n) is 3.18. The molecule has 0 unspecified atom stereocenters. The summed E-state index contributed by atoms with van der Waals surface area (Å²) in [6.45, 7) is 0. The van der Waals surface area contributed by atoms with Gasteiger partial charge >= 0.3 is 0 Å². The minimum atomic E-state index is -0.189. The van der Waals surface area contributed by atoms with Crippen LogP contribution in [0.3, 0.4) is 0 Å². The maximum Gasteiger partial charge on any atom is 0.255 e. The van der Waals surface area contributed by atoms with Gasteiger partial charge in [-0.3, -0.25) is 9.78 Å². The standard InChI is InChI=1S/C17H14N2O2/c1-21-15-7-4-6-13(10-15)17(20)19-14-9-12-5-2-3-8-16(12)18-11-14/h2-11H,1H3,(H,19,20). The van der Waals surface area contributed by atoms with Gasteiger partial charge in [-0.05, 0) is 30.3 Å². The molecule has 0 saturated heterocycles. The number of hydrogen-bond donors (Lipinski definition) is 1. The Bertz CT molecular complexity index is 799. The molecule has 1 N–H and O–H groups in total. The molecule has 0 aliphatic rings. The van der Waals surface area contributed by atoms with E-state index < -0.39 is 0 Å². The molecule has 3 rings (SSSR count). The molecule has 21 heavy (non-hydrogen) atoms. The van der Waals surface area contributed by atoms with Crippen LogP contribution in [0.1, 0.15) is 10.4 Å². The highest BCUT2D eigenvalue weighted by molar-refractivity contribution is 6.05. The Morgan fingerprint density at radius 2 is 1.95 bits per heavy atom. The lowest BCUT2D eigenvalue weighted by Crippen LogP contribution is -2.12. The topological polar surface area (TPSA) is 51.2 Å². The summed E-state index contributed by atoms with van der Waals surface area (Å²) in [5.41, 5.74) is 2.11. The van der Waals surface area contributed by atoms with Crippen molar-refractivity contribution in [2.75, 3.05) is 12.4 Å². The molecule has 1 heterocycles. The van der Waals surface area contributed by atoms with Gasteiger partial charge in [0, 0.05) is 10.9 Å². The van der Waals surface area contributed by atoms with Gasteiger partial charge in [0.25, 0.3) is 5.91 Å². The maximum atomic E-state index is 12.2. The monoisotopic (exact) mass is 278 g/mol. The number of benzene rings is 2. The number of pyridine rings is 1. The molecule has 0 fully saturated rings. The summed E-state index contributed by atoms with van der Waals surface area (Å²) >= 11 is 0.